The average molecular weight is 748 g/mol. The molecule has 8 aromatic rings. The number of H-pyrrole nitrogens is 1. The number of nitrogens with zero attached hydrogens (tertiary/aromatic N) is 4. The van der Waals surface area contributed by atoms with Gasteiger partial charge in [0, 0.05) is 35.9 Å². The summed E-state index contributed by atoms with van der Waals surface area (Å²) in [5.41, 5.74) is 13.6. The monoisotopic (exact) mass is 747 g/mol. The van der Waals surface area contributed by atoms with Crippen molar-refractivity contribution in [1.82, 2.24) is 19.1 Å². The highest BCUT2D eigenvalue weighted by Gasteiger charge is 2.41. The molecule has 5 aromatic carbocycles. The molecule has 0 aliphatic carbocycles. The molecule has 0 amide bonds. The molecule has 0 radical (unpaired) electrons. The van der Waals surface area contributed by atoms with Crippen molar-refractivity contribution in [2.75, 3.05) is 0 Å². The van der Waals surface area contributed by atoms with Crippen molar-refractivity contribution in [3.63, 3.8) is 0 Å². The Bertz CT molecular complexity index is 2550. The molecule has 0 unspecified atom stereocenters. The highest BCUT2D eigenvalue weighted by atomic mass is 15.1. The fourth-order valence-corrected chi connectivity index (χ4v) is 8.19. The number of para-hydroxylation sites is 2. The van der Waals surface area contributed by atoms with Crippen LogP contribution in [0, 0.1) is 6.33 Å². The normalized spacial score (nSPS) is 12.2. The van der Waals surface area contributed by atoms with Gasteiger partial charge in [-0.05, 0) is 80.5 Å². The molecule has 0 atom stereocenters. The van der Waals surface area contributed by atoms with Gasteiger partial charge in [-0.2, -0.15) is 0 Å². The molecule has 0 saturated heterocycles. The van der Waals surface area contributed by atoms with Gasteiger partial charge in [0.15, 0.2) is 5.82 Å². The molecule has 0 fully saturated rings. The molecule has 3 heterocycles. The van der Waals surface area contributed by atoms with Crippen LogP contribution in [0.25, 0.3) is 50.8 Å². The Morgan fingerprint density at radius 2 is 1.21 bits per heavy atom. The van der Waals surface area contributed by atoms with Gasteiger partial charge in [-0.15, -0.1) is 0 Å². The highest BCUT2D eigenvalue weighted by molar-refractivity contribution is 5.85. The SMILES string of the molecule is CC(C)c1cccc(C(C)C)c1-n1ccnc1-c1ccc(C(C)(C)C(C)(C)c2cccc(-[n+]3[c-]n(-c4c(-c5ccccc5)cccc4-c4ccccc4)cc3)c2)[nH]1. The fourth-order valence-electron chi connectivity index (χ4n) is 8.19. The van der Waals surface area contributed by atoms with Gasteiger partial charge in [-0.1, -0.05) is 165 Å². The topological polar surface area (TPSA) is 42.4 Å². The summed E-state index contributed by atoms with van der Waals surface area (Å²) >= 11 is 0. The minimum Gasteiger partial charge on any atom is -0.355 e. The van der Waals surface area contributed by atoms with E-state index in [1.165, 1.54) is 39.2 Å². The first-order chi connectivity index (χ1) is 27.5. The van der Waals surface area contributed by atoms with E-state index in [1.54, 1.807) is 0 Å². The fraction of sp³-hybridized carbons (Fsp3) is 0.231. The standard InChI is InChI=1S/C52H53N5/c1-36(2)42-24-16-25-43(37(3)4)49(42)57-31-30-53-50(57)46-28-29-47(54-46)52(7,8)51(5,6)40-22-15-23-41(34-40)55-32-33-56(35-55)48-44(38-18-11-9-12-19-38)26-17-27-45(48)39-20-13-10-14-21-39/h9-34,36-37,54H,1-8H3. The van der Waals surface area contributed by atoms with Gasteiger partial charge in [0.05, 0.1) is 22.8 Å². The van der Waals surface area contributed by atoms with Crippen LogP contribution in [0.3, 0.4) is 0 Å². The number of rotatable bonds is 11. The second-order valence-corrected chi connectivity index (χ2v) is 16.9. The maximum atomic E-state index is 4.92. The lowest BCUT2D eigenvalue weighted by atomic mass is 9.62. The third-order valence-corrected chi connectivity index (χ3v) is 12.3. The van der Waals surface area contributed by atoms with E-state index in [4.69, 9.17) is 4.98 Å². The first kappa shape index (κ1) is 37.7. The van der Waals surface area contributed by atoms with Crippen LogP contribution < -0.4 is 4.57 Å². The van der Waals surface area contributed by atoms with Crippen molar-refractivity contribution in [2.45, 2.75) is 78.1 Å². The van der Waals surface area contributed by atoms with Crippen molar-refractivity contribution < 1.29 is 4.57 Å². The first-order valence-corrected chi connectivity index (χ1v) is 20.2. The largest absolute Gasteiger partial charge is 0.355 e. The van der Waals surface area contributed by atoms with Crippen LogP contribution in [-0.4, -0.2) is 19.1 Å². The van der Waals surface area contributed by atoms with E-state index < -0.39 is 0 Å². The lowest BCUT2D eigenvalue weighted by molar-refractivity contribution is -0.599. The number of aromatic amines is 1. The molecule has 0 bridgehead atoms. The van der Waals surface area contributed by atoms with Crippen molar-refractivity contribution >= 4 is 0 Å². The summed E-state index contributed by atoms with van der Waals surface area (Å²) in [5.74, 6) is 1.69. The van der Waals surface area contributed by atoms with Crippen LogP contribution in [0.15, 0.2) is 158 Å². The maximum absolute atomic E-state index is 4.92. The van der Waals surface area contributed by atoms with E-state index in [2.05, 4.69) is 232 Å². The number of benzene rings is 5. The molecular weight excluding hydrogens is 695 g/mol. The number of aromatic nitrogens is 5. The Morgan fingerprint density at radius 3 is 1.82 bits per heavy atom. The second kappa shape index (κ2) is 15.0. The molecule has 286 valence electrons. The van der Waals surface area contributed by atoms with E-state index in [9.17, 15) is 0 Å². The van der Waals surface area contributed by atoms with Crippen LogP contribution in [0.4, 0.5) is 0 Å². The van der Waals surface area contributed by atoms with E-state index in [1.807, 2.05) is 6.20 Å². The summed E-state index contributed by atoms with van der Waals surface area (Å²) in [7, 11) is 0. The van der Waals surface area contributed by atoms with Crippen LogP contribution in [0.1, 0.15) is 89.6 Å². The first-order valence-electron chi connectivity index (χ1n) is 20.2. The molecule has 0 spiro atoms. The van der Waals surface area contributed by atoms with E-state index in [0.717, 1.165) is 34.0 Å². The molecule has 0 aliphatic rings. The van der Waals surface area contributed by atoms with Crippen LogP contribution in [0.5, 0.6) is 0 Å². The van der Waals surface area contributed by atoms with Gasteiger partial charge >= 0.3 is 0 Å². The van der Waals surface area contributed by atoms with Crippen molar-refractivity contribution in [3.8, 4) is 50.8 Å². The number of hydrogen-bond donors (Lipinski definition) is 1. The summed E-state index contributed by atoms with van der Waals surface area (Å²) in [6.07, 6.45) is 11.9. The van der Waals surface area contributed by atoms with Gasteiger partial charge < -0.3 is 4.98 Å². The third-order valence-electron chi connectivity index (χ3n) is 12.3. The van der Waals surface area contributed by atoms with E-state index in [-0.39, 0.29) is 10.8 Å². The van der Waals surface area contributed by atoms with Crippen molar-refractivity contribution in [3.05, 3.63) is 187 Å². The van der Waals surface area contributed by atoms with E-state index >= 15 is 0 Å². The van der Waals surface area contributed by atoms with Crippen molar-refractivity contribution in [2.24, 2.45) is 0 Å². The predicted molar refractivity (Wildman–Crippen MR) is 235 cm³/mol. The van der Waals surface area contributed by atoms with Crippen LogP contribution >= 0.6 is 0 Å². The molecular formula is C52H53N5. The van der Waals surface area contributed by atoms with Gasteiger partial charge in [0.2, 0.25) is 0 Å². The summed E-state index contributed by atoms with van der Waals surface area (Å²) in [6, 6.07) is 47.8. The van der Waals surface area contributed by atoms with Gasteiger partial charge in [-0.3, -0.25) is 13.7 Å². The highest BCUT2D eigenvalue weighted by Crippen LogP contribution is 2.44. The van der Waals surface area contributed by atoms with E-state index in [0.29, 0.717) is 11.8 Å². The summed E-state index contributed by atoms with van der Waals surface area (Å²) in [6.45, 7) is 18.5. The second-order valence-electron chi connectivity index (χ2n) is 16.9. The summed E-state index contributed by atoms with van der Waals surface area (Å²) < 4.78 is 6.53. The maximum Gasteiger partial charge on any atom is 0.268 e. The minimum atomic E-state index is -0.264. The molecule has 3 aromatic heterocycles. The molecule has 0 saturated carbocycles. The Morgan fingerprint density at radius 1 is 0.614 bits per heavy atom. The van der Waals surface area contributed by atoms with Crippen LogP contribution in [-0.2, 0) is 10.8 Å². The molecule has 1 N–H and O–H groups in total. The van der Waals surface area contributed by atoms with Gasteiger partial charge in [-0.25, -0.2) is 4.98 Å². The van der Waals surface area contributed by atoms with Crippen LogP contribution in [0.2, 0.25) is 0 Å². The molecule has 5 nitrogen and oxygen atoms in total. The average Bonchev–Trinajstić information content (AvgIpc) is 4.03. The smallest absolute Gasteiger partial charge is 0.268 e. The summed E-state index contributed by atoms with van der Waals surface area (Å²) in [5, 5.41) is 0. The number of imidazole rings is 2. The lowest BCUT2D eigenvalue weighted by Gasteiger charge is -2.42. The molecule has 57 heavy (non-hydrogen) atoms. The van der Waals surface area contributed by atoms with Gasteiger partial charge in [0.1, 0.15) is 0 Å². The Hall–Kier alpha value is -6.20. The quantitative estimate of drug-likeness (QED) is 0.104. The molecule has 0 aliphatic heterocycles. The number of hydrogen-bond acceptors (Lipinski definition) is 1. The zero-order valence-electron chi connectivity index (χ0n) is 34.5. The number of nitrogens with one attached hydrogen (secondary N) is 1. The summed E-state index contributed by atoms with van der Waals surface area (Å²) in [4.78, 5) is 8.76. The Balaban J connectivity index is 1.13. The molecule has 8 rings (SSSR count). The zero-order valence-corrected chi connectivity index (χ0v) is 34.5. The lowest BCUT2D eigenvalue weighted by Crippen LogP contribution is -2.41. The van der Waals surface area contributed by atoms with Gasteiger partial charge in [0.25, 0.3) is 6.33 Å². The van der Waals surface area contributed by atoms with Crippen molar-refractivity contribution in [1.29, 1.82) is 0 Å². The predicted octanol–water partition coefficient (Wildman–Crippen LogP) is 12.6. The Labute approximate surface area is 338 Å². The third kappa shape index (κ3) is 6.86. The zero-order chi connectivity index (χ0) is 39.9. The Kier molecular flexibility index (Phi) is 9.95. The molecule has 5 heteroatoms. The minimum absolute atomic E-state index is 0.251.